The second-order valence-corrected chi connectivity index (χ2v) is 6.64. The molecule has 3 aliphatic rings. The molecule has 0 aromatic carbocycles. The largest absolute Gasteiger partial charge is 0.381 e. The van der Waals surface area contributed by atoms with Crippen molar-refractivity contribution in [3.05, 3.63) is 0 Å². The van der Waals surface area contributed by atoms with Gasteiger partial charge in [-0.1, -0.05) is 13.8 Å². The second kappa shape index (κ2) is 4.43. The molecule has 19 heavy (non-hydrogen) atoms. The normalized spacial score (nSPS) is 41.4. The summed E-state index contributed by atoms with van der Waals surface area (Å²) < 4.78 is 11.0. The molecule has 3 rings (SSSR count). The van der Waals surface area contributed by atoms with E-state index < -0.39 is 5.54 Å². The van der Waals surface area contributed by atoms with Gasteiger partial charge in [-0.2, -0.15) is 0 Å². The molecule has 2 aliphatic heterocycles. The maximum Gasteiger partial charge on any atom is 0.241 e. The van der Waals surface area contributed by atoms with Crippen molar-refractivity contribution < 1.29 is 14.3 Å². The standard InChI is InChI=1S/C14H24N2O3/c1-13(2)11-10(5-8-19-11)14(13,15)12(17)16-9-3-6-18-7-4-9/h9-11H,3-8,15H2,1-2H3,(H,16,17). The monoisotopic (exact) mass is 268 g/mol. The predicted molar refractivity (Wildman–Crippen MR) is 70.5 cm³/mol. The first-order valence-electron chi connectivity index (χ1n) is 7.27. The zero-order valence-corrected chi connectivity index (χ0v) is 11.8. The van der Waals surface area contributed by atoms with Crippen molar-refractivity contribution in [2.75, 3.05) is 19.8 Å². The summed E-state index contributed by atoms with van der Waals surface area (Å²) in [5.41, 5.74) is 5.43. The number of carbonyl (C=O) groups excluding carboxylic acids is 1. The molecule has 2 saturated heterocycles. The lowest BCUT2D eigenvalue weighted by molar-refractivity contribution is -0.176. The van der Waals surface area contributed by atoms with Gasteiger partial charge in [0.1, 0.15) is 5.54 Å². The Labute approximate surface area is 114 Å². The van der Waals surface area contributed by atoms with Crippen LogP contribution in [0.3, 0.4) is 0 Å². The molecule has 0 bridgehead atoms. The number of amides is 1. The quantitative estimate of drug-likeness (QED) is 0.761. The summed E-state index contributed by atoms with van der Waals surface area (Å²) in [6.45, 7) is 6.26. The summed E-state index contributed by atoms with van der Waals surface area (Å²) >= 11 is 0. The Morgan fingerprint density at radius 3 is 2.58 bits per heavy atom. The lowest BCUT2D eigenvalue weighted by atomic mass is 9.48. The summed E-state index contributed by atoms with van der Waals surface area (Å²) in [4.78, 5) is 12.6. The number of carbonyl (C=O) groups is 1. The highest BCUT2D eigenvalue weighted by Crippen LogP contribution is 2.58. The highest BCUT2D eigenvalue weighted by molar-refractivity contribution is 5.89. The number of fused-ring (bicyclic) bond motifs is 1. The molecule has 3 N–H and O–H groups in total. The van der Waals surface area contributed by atoms with Gasteiger partial charge < -0.3 is 20.5 Å². The van der Waals surface area contributed by atoms with Crippen LogP contribution in [0.4, 0.5) is 0 Å². The number of hydrogen-bond donors (Lipinski definition) is 2. The van der Waals surface area contributed by atoms with Crippen molar-refractivity contribution in [3.63, 3.8) is 0 Å². The van der Waals surface area contributed by atoms with Crippen molar-refractivity contribution in [2.45, 2.75) is 50.8 Å². The first kappa shape index (κ1) is 13.3. The predicted octanol–water partition coefficient (Wildman–Crippen LogP) is 0.424. The lowest BCUT2D eigenvalue weighted by Gasteiger charge is -2.60. The molecule has 3 fully saturated rings. The SMILES string of the molecule is CC1(C)C2OCCC2C1(N)C(=O)NC1CCOCC1. The van der Waals surface area contributed by atoms with Gasteiger partial charge in [0.2, 0.25) is 5.91 Å². The smallest absolute Gasteiger partial charge is 0.241 e. The summed E-state index contributed by atoms with van der Waals surface area (Å²) in [7, 11) is 0. The van der Waals surface area contributed by atoms with Gasteiger partial charge in [-0.3, -0.25) is 4.79 Å². The third kappa shape index (κ3) is 1.75. The fourth-order valence-electron chi connectivity index (χ4n) is 3.99. The van der Waals surface area contributed by atoms with Crippen LogP contribution in [0.25, 0.3) is 0 Å². The average molecular weight is 268 g/mol. The van der Waals surface area contributed by atoms with Gasteiger partial charge in [-0.05, 0) is 19.3 Å². The molecule has 5 nitrogen and oxygen atoms in total. The Balaban J connectivity index is 1.71. The summed E-state index contributed by atoms with van der Waals surface area (Å²) in [5.74, 6) is 0.165. The Morgan fingerprint density at radius 1 is 1.21 bits per heavy atom. The van der Waals surface area contributed by atoms with Gasteiger partial charge >= 0.3 is 0 Å². The minimum Gasteiger partial charge on any atom is -0.381 e. The van der Waals surface area contributed by atoms with Gasteiger partial charge in [0.25, 0.3) is 0 Å². The van der Waals surface area contributed by atoms with Gasteiger partial charge in [0, 0.05) is 37.2 Å². The Hall–Kier alpha value is -0.650. The minimum atomic E-state index is -0.785. The van der Waals surface area contributed by atoms with Gasteiger partial charge in [0.05, 0.1) is 6.10 Å². The van der Waals surface area contributed by atoms with E-state index in [0.29, 0.717) is 0 Å². The minimum absolute atomic E-state index is 0.00356. The number of ether oxygens (including phenoxy) is 2. The van der Waals surface area contributed by atoms with Crippen molar-refractivity contribution in [2.24, 2.45) is 17.1 Å². The van der Waals surface area contributed by atoms with Crippen LogP contribution < -0.4 is 11.1 Å². The third-order valence-corrected chi connectivity index (χ3v) is 5.39. The Bertz CT molecular complexity index is 379. The van der Waals surface area contributed by atoms with E-state index in [1.165, 1.54) is 0 Å². The molecule has 3 unspecified atom stereocenters. The summed E-state index contributed by atoms with van der Waals surface area (Å²) in [6.07, 6.45) is 2.80. The molecule has 108 valence electrons. The van der Waals surface area contributed by atoms with Crippen molar-refractivity contribution >= 4 is 5.91 Å². The highest BCUT2D eigenvalue weighted by Gasteiger charge is 2.71. The molecule has 0 aromatic heterocycles. The highest BCUT2D eigenvalue weighted by atomic mass is 16.5. The van der Waals surface area contributed by atoms with Crippen LogP contribution >= 0.6 is 0 Å². The molecule has 1 amide bonds. The number of nitrogens with two attached hydrogens (primary N) is 1. The second-order valence-electron chi connectivity index (χ2n) is 6.64. The van der Waals surface area contributed by atoms with Crippen LogP contribution in [-0.2, 0) is 14.3 Å². The molecule has 1 saturated carbocycles. The number of hydrogen-bond acceptors (Lipinski definition) is 4. The first-order chi connectivity index (χ1) is 8.98. The van der Waals surface area contributed by atoms with Crippen LogP contribution in [0.1, 0.15) is 33.1 Å². The van der Waals surface area contributed by atoms with E-state index in [1.54, 1.807) is 0 Å². The van der Waals surface area contributed by atoms with E-state index in [4.69, 9.17) is 15.2 Å². The molecular weight excluding hydrogens is 244 g/mol. The van der Waals surface area contributed by atoms with Gasteiger partial charge in [-0.25, -0.2) is 0 Å². The van der Waals surface area contributed by atoms with E-state index in [1.807, 2.05) is 13.8 Å². The molecule has 5 heteroatoms. The molecule has 0 radical (unpaired) electrons. The number of nitrogens with one attached hydrogen (secondary N) is 1. The van der Waals surface area contributed by atoms with Crippen molar-refractivity contribution in [3.8, 4) is 0 Å². The van der Waals surface area contributed by atoms with Crippen molar-refractivity contribution in [1.82, 2.24) is 5.32 Å². The molecule has 0 spiro atoms. The van der Waals surface area contributed by atoms with Gasteiger partial charge in [-0.15, -0.1) is 0 Å². The summed E-state index contributed by atoms with van der Waals surface area (Å²) in [6, 6.07) is 0.207. The van der Waals surface area contributed by atoms with Gasteiger partial charge in [0.15, 0.2) is 0 Å². The van der Waals surface area contributed by atoms with Crippen LogP contribution in [0.2, 0.25) is 0 Å². The van der Waals surface area contributed by atoms with E-state index in [2.05, 4.69) is 5.32 Å². The zero-order valence-electron chi connectivity index (χ0n) is 11.8. The molecular formula is C14H24N2O3. The van der Waals surface area contributed by atoms with E-state index in [9.17, 15) is 4.79 Å². The van der Waals surface area contributed by atoms with Crippen LogP contribution in [0.15, 0.2) is 0 Å². The van der Waals surface area contributed by atoms with E-state index >= 15 is 0 Å². The van der Waals surface area contributed by atoms with E-state index in [-0.39, 0.29) is 29.4 Å². The van der Waals surface area contributed by atoms with Crippen LogP contribution in [-0.4, -0.2) is 43.4 Å². The molecule has 2 heterocycles. The molecule has 3 atom stereocenters. The Kier molecular flexibility index (Phi) is 3.11. The first-order valence-corrected chi connectivity index (χ1v) is 7.27. The number of rotatable bonds is 2. The zero-order chi connectivity index (χ0) is 13.7. The maximum atomic E-state index is 12.6. The van der Waals surface area contributed by atoms with Crippen LogP contribution in [0, 0.1) is 11.3 Å². The molecule has 1 aliphatic carbocycles. The lowest BCUT2D eigenvalue weighted by Crippen LogP contribution is -2.80. The van der Waals surface area contributed by atoms with E-state index in [0.717, 1.165) is 39.1 Å². The maximum absolute atomic E-state index is 12.6. The average Bonchev–Trinajstić information content (AvgIpc) is 2.87. The molecule has 0 aromatic rings. The topological polar surface area (TPSA) is 73.6 Å². The fraction of sp³-hybridized carbons (Fsp3) is 0.929. The summed E-state index contributed by atoms with van der Waals surface area (Å²) in [5, 5.41) is 3.13. The van der Waals surface area contributed by atoms with Crippen LogP contribution in [0.5, 0.6) is 0 Å². The Morgan fingerprint density at radius 2 is 1.89 bits per heavy atom. The third-order valence-electron chi connectivity index (χ3n) is 5.39. The van der Waals surface area contributed by atoms with Crippen molar-refractivity contribution in [1.29, 1.82) is 0 Å². The fourth-order valence-corrected chi connectivity index (χ4v) is 3.99.